The molecule has 21 heavy (non-hydrogen) atoms. The summed E-state index contributed by atoms with van der Waals surface area (Å²) in [6, 6.07) is 5.72. The van der Waals surface area contributed by atoms with Crippen LogP contribution in [0.1, 0.15) is 37.7 Å². The molecule has 4 heteroatoms. The van der Waals surface area contributed by atoms with Crippen molar-refractivity contribution in [2.45, 2.75) is 39.0 Å². The third-order valence-electron chi connectivity index (χ3n) is 4.94. The fourth-order valence-electron chi connectivity index (χ4n) is 3.70. The average Bonchev–Trinajstić information content (AvgIpc) is 2.49. The molecule has 1 saturated carbocycles. The summed E-state index contributed by atoms with van der Waals surface area (Å²) >= 11 is 6.19. The van der Waals surface area contributed by atoms with E-state index in [0.29, 0.717) is 16.6 Å². The van der Waals surface area contributed by atoms with Gasteiger partial charge in [0, 0.05) is 13.1 Å². The monoisotopic (exact) mass is 306 g/mol. The maximum Gasteiger partial charge on any atom is 0.321 e. The number of aryl methyl sites for hydroxylation is 1. The first-order valence-corrected chi connectivity index (χ1v) is 8.33. The average molecular weight is 307 g/mol. The molecule has 1 aromatic rings. The summed E-state index contributed by atoms with van der Waals surface area (Å²) in [6.45, 7) is 3.77. The minimum absolute atomic E-state index is 0.00947. The number of carbonyl (C=O) groups is 1. The van der Waals surface area contributed by atoms with Gasteiger partial charge >= 0.3 is 6.03 Å². The first-order chi connectivity index (χ1) is 10.1. The van der Waals surface area contributed by atoms with E-state index in [4.69, 9.17) is 11.6 Å². The number of likely N-dealkylation sites (tertiary alicyclic amines) is 1. The first kappa shape index (κ1) is 14.7. The Morgan fingerprint density at radius 1 is 1.24 bits per heavy atom. The number of nitrogens with one attached hydrogen (secondary N) is 1. The Hall–Kier alpha value is -1.22. The van der Waals surface area contributed by atoms with E-state index in [2.05, 4.69) is 5.32 Å². The Morgan fingerprint density at radius 3 is 2.76 bits per heavy atom. The molecule has 1 aliphatic carbocycles. The van der Waals surface area contributed by atoms with Crippen LogP contribution in [0.25, 0.3) is 0 Å². The molecular weight excluding hydrogens is 284 g/mol. The van der Waals surface area contributed by atoms with Crippen molar-refractivity contribution >= 4 is 23.3 Å². The van der Waals surface area contributed by atoms with Crippen molar-refractivity contribution in [1.82, 2.24) is 4.90 Å². The highest BCUT2D eigenvalue weighted by Crippen LogP contribution is 2.36. The molecule has 0 bridgehead atoms. The standard InChI is InChI=1S/C17H23ClN2O/c1-12-6-7-16(15(18)10-12)19-17(21)20-9-8-13-4-2-3-5-14(13)11-20/h6-7,10,13-14H,2-5,8-9,11H2,1H3,(H,19,21)/t13-,14+/m0/s1. The van der Waals surface area contributed by atoms with Gasteiger partial charge in [-0.15, -0.1) is 0 Å². The van der Waals surface area contributed by atoms with Crippen LogP contribution in [0.4, 0.5) is 10.5 Å². The third kappa shape index (κ3) is 3.34. The first-order valence-electron chi connectivity index (χ1n) is 7.95. The van der Waals surface area contributed by atoms with Crippen LogP contribution in [-0.4, -0.2) is 24.0 Å². The second kappa shape index (κ2) is 6.27. The smallest absolute Gasteiger partial charge is 0.321 e. The van der Waals surface area contributed by atoms with Gasteiger partial charge in [0.25, 0.3) is 0 Å². The normalized spacial score (nSPS) is 25.3. The quantitative estimate of drug-likeness (QED) is 0.802. The molecule has 0 radical (unpaired) electrons. The van der Waals surface area contributed by atoms with Gasteiger partial charge in [-0.3, -0.25) is 0 Å². The minimum atomic E-state index is -0.00947. The fraction of sp³-hybridized carbons (Fsp3) is 0.588. The van der Waals surface area contributed by atoms with Crippen molar-refractivity contribution in [3.63, 3.8) is 0 Å². The number of anilines is 1. The van der Waals surface area contributed by atoms with Crippen LogP contribution in [0.3, 0.4) is 0 Å². The molecular formula is C17H23ClN2O. The van der Waals surface area contributed by atoms with E-state index in [1.54, 1.807) is 0 Å². The summed E-state index contributed by atoms with van der Waals surface area (Å²) in [7, 11) is 0. The molecule has 0 unspecified atom stereocenters. The molecule has 1 heterocycles. The van der Waals surface area contributed by atoms with Crippen molar-refractivity contribution in [2.24, 2.45) is 11.8 Å². The number of urea groups is 1. The largest absolute Gasteiger partial charge is 0.324 e. The van der Waals surface area contributed by atoms with Crippen molar-refractivity contribution in [3.8, 4) is 0 Å². The highest BCUT2D eigenvalue weighted by molar-refractivity contribution is 6.33. The van der Waals surface area contributed by atoms with Crippen molar-refractivity contribution in [3.05, 3.63) is 28.8 Å². The molecule has 2 amide bonds. The Morgan fingerprint density at radius 2 is 2.00 bits per heavy atom. The molecule has 2 atom stereocenters. The molecule has 1 aliphatic heterocycles. The van der Waals surface area contributed by atoms with Gasteiger partial charge in [-0.1, -0.05) is 36.9 Å². The van der Waals surface area contributed by atoms with Crippen LogP contribution in [0.5, 0.6) is 0 Å². The third-order valence-corrected chi connectivity index (χ3v) is 5.26. The lowest BCUT2D eigenvalue weighted by molar-refractivity contribution is 0.108. The van der Waals surface area contributed by atoms with E-state index in [0.717, 1.165) is 31.0 Å². The van der Waals surface area contributed by atoms with Crippen LogP contribution < -0.4 is 5.32 Å². The van der Waals surface area contributed by atoms with Gasteiger partial charge in [-0.2, -0.15) is 0 Å². The Labute approximate surface area is 131 Å². The van der Waals surface area contributed by atoms with Crippen LogP contribution in [-0.2, 0) is 0 Å². The zero-order chi connectivity index (χ0) is 14.8. The van der Waals surface area contributed by atoms with Crippen LogP contribution in [0.2, 0.25) is 5.02 Å². The Bertz CT molecular complexity index is 532. The maximum atomic E-state index is 12.4. The van der Waals surface area contributed by atoms with E-state index in [1.807, 2.05) is 30.0 Å². The number of nitrogens with zero attached hydrogens (tertiary/aromatic N) is 1. The topological polar surface area (TPSA) is 32.3 Å². The van der Waals surface area contributed by atoms with Gasteiger partial charge in [-0.25, -0.2) is 4.79 Å². The number of halogens is 1. The number of fused-ring (bicyclic) bond motifs is 1. The Kier molecular flexibility index (Phi) is 4.39. The maximum absolute atomic E-state index is 12.4. The summed E-state index contributed by atoms with van der Waals surface area (Å²) in [5.74, 6) is 1.54. The van der Waals surface area contributed by atoms with E-state index in [1.165, 1.54) is 25.7 Å². The molecule has 114 valence electrons. The molecule has 0 aromatic heterocycles. The molecule has 2 fully saturated rings. The SMILES string of the molecule is Cc1ccc(NC(=O)N2CC[C@@H]3CCCC[C@@H]3C2)c(Cl)c1. The highest BCUT2D eigenvalue weighted by atomic mass is 35.5. The number of hydrogen-bond donors (Lipinski definition) is 1. The predicted molar refractivity (Wildman–Crippen MR) is 86.8 cm³/mol. The van der Waals surface area contributed by atoms with Gasteiger partial charge in [0.1, 0.15) is 0 Å². The van der Waals surface area contributed by atoms with E-state index in [9.17, 15) is 4.79 Å². The fourth-order valence-corrected chi connectivity index (χ4v) is 3.98. The van der Waals surface area contributed by atoms with Gasteiger partial charge in [0.2, 0.25) is 0 Å². The second-order valence-electron chi connectivity index (χ2n) is 6.45. The molecule has 3 nitrogen and oxygen atoms in total. The number of piperidine rings is 1. The summed E-state index contributed by atoms with van der Waals surface area (Å²) in [5.41, 5.74) is 1.80. The number of amides is 2. The summed E-state index contributed by atoms with van der Waals surface area (Å²) in [6.07, 6.45) is 6.47. The summed E-state index contributed by atoms with van der Waals surface area (Å²) in [5, 5.41) is 3.57. The molecule has 2 aliphatic rings. The predicted octanol–water partition coefficient (Wildman–Crippen LogP) is 4.69. The molecule has 1 saturated heterocycles. The molecule has 0 spiro atoms. The van der Waals surface area contributed by atoms with Crippen molar-refractivity contribution in [2.75, 3.05) is 18.4 Å². The number of rotatable bonds is 1. The summed E-state index contributed by atoms with van der Waals surface area (Å²) < 4.78 is 0. The number of benzene rings is 1. The van der Waals surface area contributed by atoms with E-state index >= 15 is 0 Å². The number of hydrogen-bond acceptors (Lipinski definition) is 1. The summed E-state index contributed by atoms with van der Waals surface area (Å²) in [4.78, 5) is 14.4. The lowest BCUT2D eigenvalue weighted by Gasteiger charge is -2.41. The van der Waals surface area contributed by atoms with Gasteiger partial charge < -0.3 is 10.2 Å². The van der Waals surface area contributed by atoms with E-state index < -0.39 is 0 Å². The highest BCUT2D eigenvalue weighted by Gasteiger charge is 2.32. The number of carbonyl (C=O) groups excluding carboxylic acids is 1. The van der Waals surface area contributed by atoms with Crippen LogP contribution in [0, 0.1) is 18.8 Å². The molecule has 3 rings (SSSR count). The Balaban J connectivity index is 1.63. The van der Waals surface area contributed by atoms with Crippen molar-refractivity contribution in [1.29, 1.82) is 0 Å². The van der Waals surface area contributed by atoms with Gasteiger partial charge in [0.15, 0.2) is 0 Å². The van der Waals surface area contributed by atoms with E-state index in [-0.39, 0.29) is 6.03 Å². The zero-order valence-electron chi connectivity index (χ0n) is 12.6. The second-order valence-corrected chi connectivity index (χ2v) is 6.86. The lowest BCUT2D eigenvalue weighted by Crippen LogP contribution is -2.46. The lowest BCUT2D eigenvalue weighted by atomic mass is 9.75. The minimum Gasteiger partial charge on any atom is -0.324 e. The molecule has 1 N–H and O–H groups in total. The zero-order valence-corrected chi connectivity index (χ0v) is 13.3. The van der Waals surface area contributed by atoms with Gasteiger partial charge in [-0.05, 0) is 49.3 Å². The molecule has 1 aromatic carbocycles. The van der Waals surface area contributed by atoms with Crippen LogP contribution in [0.15, 0.2) is 18.2 Å². The van der Waals surface area contributed by atoms with Crippen LogP contribution >= 0.6 is 11.6 Å². The van der Waals surface area contributed by atoms with Crippen molar-refractivity contribution < 1.29 is 4.79 Å². The van der Waals surface area contributed by atoms with Gasteiger partial charge in [0.05, 0.1) is 10.7 Å².